The number of benzene rings is 1. The van der Waals surface area contributed by atoms with Gasteiger partial charge in [0.05, 0.1) is 19.7 Å². The topological polar surface area (TPSA) is 63.9 Å². The van der Waals surface area contributed by atoms with Crippen LogP contribution in [0.4, 0.5) is 0 Å². The van der Waals surface area contributed by atoms with Gasteiger partial charge in [-0.15, -0.1) is 0 Å². The van der Waals surface area contributed by atoms with Crippen LogP contribution in [0.15, 0.2) is 18.2 Å². The fourth-order valence-electron chi connectivity index (χ4n) is 3.29. The number of methoxy groups -OCH3 is 2. The molecule has 3 rings (SSSR count). The molecule has 1 saturated heterocycles. The van der Waals surface area contributed by atoms with Gasteiger partial charge in [-0.2, -0.15) is 0 Å². The van der Waals surface area contributed by atoms with Crippen molar-refractivity contribution in [3.8, 4) is 11.5 Å². The molecule has 1 aliphatic rings. The van der Waals surface area contributed by atoms with Crippen molar-refractivity contribution in [3.05, 3.63) is 23.9 Å². The van der Waals surface area contributed by atoms with E-state index in [0.717, 1.165) is 17.3 Å². The predicted octanol–water partition coefficient (Wildman–Crippen LogP) is 1.65. The smallest absolute Gasteiger partial charge is 0.270 e. The molecule has 1 fully saturated rings. The van der Waals surface area contributed by atoms with E-state index in [4.69, 9.17) is 9.47 Å². The van der Waals surface area contributed by atoms with Crippen molar-refractivity contribution in [2.24, 2.45) is 13.0 Å². The van der Waals surface area contributed by atoms with Crippen LogP contribution in [0, 0.1) is 5.92 Å². The second-order valence-corrected chi connectivity index (χ2v) is 5.91. The van der Waals surface area contributed by atoms with Crippen LogP contribution in [0.3, 0.4) is 0 Å². The Hall–Kier alpha value is -2.21. The fourth-order valence-corrected chi connectivity index (χ4v) is 3.29. The summed E-state index contributed by atoms with van der Waals surface area (Å²) in [5, 5.41) is 10.1. The van der Waals surface area contributed by atoms with E-state index in [1.807, 2.05) is 29.8 Å². The highest BCUT2D eigenvalue weighted by atomic mass is 16.5. The van der Waals surface area contributed by atoms with Gasteiger partial charge in [-0.3, -0.25) is 4.79 Å². The highest BCUT2D eigenvalue weighted by molar-refractivity contribution is 6.02. The summed E-state index contributed by atoms with van der Waals surface area (Å²) in [6.45, 7) is 1.41. The molecule has 6 heteroatoms. The van der Waals surface area contributed by atoms with E-state index in [1.54, 1.807) is 19.1 Å². The van der Waals surface area contributed by atoms with Crippen molar-refractivity contribution in [2.75, 3.05) is 33.9 Å². The zero-order chi connectivity index (χ0) is 16.6. The summed E-state index contributed by atoms with van der Waals surface area (Å²) in [6.07, 6.45) is 0.846. The van der Waals surface area contributed by atoms with Crippen molar-refractivity contribution in [3.63, 3.8) is 0 Å². The van der Waals surface area contributed by atoms with Crippen LogP contribution in [0.1, 0.15) is 16.9 Å². The Bertz CT molecular complexity index is 738. The number of aromatic nitrogens is 1. The van der Waals surface area contributed by atoms with Crippen LogP contribution in [0.2, 0.25) is 0 Å². The maximum atomic E-state index is 12.8. The summed E-state index contributed by atoms with van der Waals surface area (Å²) in [5.41, 5.74) is 1.44. The van der Waals surface area contributed by atoms with Gasteiger partial charge in [0, 0.05) is 38.0 Å². The van der Waals surface area contributed by atoms with Gasteiger partial charge in [-0.1, -0.05) is 0 Å². The van der Waals surface area contributed by atoms with Crippen molar-refractivity contribution in [2.45, 2.75) is 6.42 Å². The Kier molecular flexibility index (Phi) is 4.17. The largest absolute Gasteiger partial charge is 0.496 e. The molecular formula is C17H22N2O4. The van der Waals surface area contributed by atoms with Gasteiger partial charge in [-0.05, 0) is 24.6 Å². The van der Waals surface area contributed by atoms with Gasteiger partial charge in [-0.25, -0.2) is 0 Å². The maximum absolute atomic E-state index is 12.8. The predicted molar refractivity (Wildman–Crippen MR) is 87.1 cm³/mol. The Morgan fingerprint density at radius 3 is 2.61 bits per heavy atom. The number of carbonyl (C=O) groups is 1. The van der Waals surface area contributed by atoms with Gasteiger partial charge in [0.1, 0.15) is 17.2 Å². The summed E-state index contributed by atoms with van der Waals surface area (Å²) < 4.78 is 12.7. The molecule has 1 N–H and O–H groups in total. The van der Waals surface area contributed by atoms with Crippen LogP contribution >= 0.6 is 0 Å². The number of nitrogens with zero attached hydrogens (tertiary/aromatic N) is 2. The Morgan fingerprint density at radius 2 is 2.00 bits per heavy atom. The molecule has 124 valence electrons. The van der Waals surface area contributed by atoms with E-state index < -0.39 is 0 Å². The van der Waals surface area contributed by atoms with Crippen LogP contribution in [0.5, 0.6) is 11.5 Å². The number of aliphatic hydroxyl groups excluding tert-OH is 1. The summed E-state index contributed by atoms with van der Waals surface area (Å²) in [7, 11) is 5.08. The number of fused-ring (bicyclic) bond motifs is 1. The summed E-state index contributed by atoms with van der Waals surface area (Å²) in [6, 6.07) is 5.53. The average Bonchev–Trinajstić information content (AvgIpc) is 3.19. The number of aliphatic hydroxyl groups is 1. The number of ether oxygens (including phenoxy) is 2. The highest BCUT2D eigenvalue weighted by Gasteiger charge is 2.29. The zero-order valence-corrected chi connectivity index (χ0v) is 13.7. The minimum absolute atomic E-state index is 0.0243. The molecule has 0 radical (unpaired) electrons. The molecule has 0 spiro atoms. The molecule has 6 nitrogen and oxygen atoms in total. The molecule has 1 aliphatic heterocycles. The minimum Gasteiger partial charge on any atom is -0.496 e. The molecule has 23 heavy (non-hydrogen) atoms. The maximum Gasteiger partial charge on any atom is 0.270 e. The van der Waals surface area contributed by atoms with Gasteiger partial charge < -0.3 is 24.0 Å². The molecule has 1 amide bonds. The second-order valence-electron chi connectivity index (χ2n) is 5.91. The molecule has 0 saturated carbocycles. The van der Waals surface area contributed by atoms with E-state index in [0.29, 0.717) is 30.3 Å². The summed E-state index contributed by atoms with van der Waals surface area (Å²) in [5.74, 6) is 1.57. The number of likely N-dealkylation sites (tertiary alicyclic amines) is 1. The number of rotatable bonds is 4. The number of hydrogen-bond acceptors (Lipinski definition) is 4. The lowest BCUT2D eigenvalue weighted by molar-refractivity contribution is 0.0773. The number of amides is 1. The minimum atomic E-state index is -0.0243. The quantitative estimate of drug-likeness (QED) is 0.931. The Morgan fingerprint density at radius 1 is 1.30 bits per heavy atom. The molecule has 2 heterocycles. The molecule has 0 unspecified atom stereocenters. The van der Waals surface area contributed by atoms with Crippen molar-refractivity contribution in [1.29, 1.82) is 0 Å². The molecule has 2 aromatic rings. The average molecular weight is 318 g/mol. The third-order valence-electron chi connectivity index (χ3n) is 4.61. The molecule has 1 aromatic heterocycles. The number of carbonyl (C=O) groups excluding carboxylic acids is 1. The molecule has 0 aliphatic carbocycles. The lowest BCUT2D eigenvalue weighted by Gasteiger charge is -2.16. The molecule has 0 bridgehead atoms. The first-order valence-corrected chi connectivity index (χ1v) is 7.71. The van der Waals surface area contributed by atoms with E-state index in [2.05, 4.69) is 0 Å². The lowest BCUT2D eigenvalue weighted by Crippen LogP contribution is -2.30. The first kappa shape index (κ1) is 15.7. The van der Waals surface area contributed by atoms with Crippen LogP contribution in [0.25, 0.3) is 10.9 Å². The SMILES string of the molecule is COc1ccc(OC)c2c1cc(C(=O)N1CC[C@H](CO)C1)n2C. The van der Waals surface area contributed by atoms with Crippen LogP contribution in [-0.2, 0) is 7.05 Å². The number of aryl methyl sites for hydroxylation is 1. The zero-order valence-electron chi connectivity index (χ0n) is 13.7. The van der Waals surface area contributed by atoms with E-state index in [9.17, 15) is 9.90 Å². The van der Waals surface area contributed by atoms with Gasteiger partial charge in [0.15, 0.2) is 0 Å². The van der Waals surface area contributed by atoms with E-state index in [1.165, 1.54) is 0 Å². The van der Waals surface area contributed by atoms with Gasteiger partial charge in [0.2, 0.25) is 0 Å². The first-order chi connectivity index (χ1) is 11.1. The molecular weight excluding hydrogens is 296 g/mol. The lowest BCUT2D eigenvalue weighted by atomic mass is 10.1. The monoisotopic (exact) mass is 318 g/mol. The standard InChI is InChI=1S/C17H22N2O4/c1-18-13(17(21)19-7-6-11(9-19)10-20)8-12-14(22-2)4-5-15(23-3)16(12)18/h4-5,8,11,20H,6-7,9-10H2,1-3H3/t11-/m0/s1. The first-order valence-electron chi connectivity index (χ1n) is 7.71. The van der Waals surface area contributed by atoms with Crippen molar-refractivity contribution >= 4 is 16.8 Å². The highest BCUT2D eigenvalue weighted by Crippen LogP contribution is 2.35. The van der Waals surface area contributed by atoms with E-state index in [-0.39, 0.29) is 18.4 Å². The number of hydrogen-bond donors (Lipinski definition) is 1. The van der Waals surface area contributed by atoms with E-state index >= 15 is 0 Å². The van der Waals surface area contributed by atoms with Crippen molar-refractivity contribution in [1.82, 2.24) is 9.47 Å². The van der Waals surface area contributed by atoms with Gasteiger partial charge >= 0.3 is 0 Å². The second kappa shape index (κ2) is 6.12. The van der Waals surface area contributed by atoms with Crippen LogP contribution in [-0.4, -0.2) is 54.4 Å². The normalized spacial score (nSPS) is 17.7. The Labute approximate surface area is 135 Å². The third-order valence-corrected chi connectivity index (χ3v) is 4.61. The molecule has 1 atom stereocenters. The third kappa shape index (κ3) is 2.53. The summed E-state index contributed by atoms with van der Waals surface area (Å²) in [4.78, 5) is 14.6. The van der Waals surface area contributed by atoms with Crippen molar-refractivity contribution < 1.29 is 19.4 Å². The fraction of sp³-hybridized carbons (Fsp3) is 0.471. The van der Waals surface area contributed by atoms with Gasteiger partial charge in [0.25, 0.3) is 5.91 Å². The Balaban J connectivity index is 2.05. The molecule has 1 aromatic carbocycles. The summed E-state index contributed by atoms with van der Waals surface area (Å²) >= 11 is 0. The van der Waals surface area contributed by atoms with Crippen LogP contribution < -0.4 is 9.47 Å².